The molecule has 1 aliphatic carbocycles. The van der Waals surface area contributed by atoms with Crippen LogP contribution >= 0.6 is 11.3 Å². The molecular formula is C12H19N3S. The molecule has 0 radical (unpaired) electrons. The summed E-state index contributed by atoms with van der Waals surface area (Å²) in [7, 11) is 0. The third kappa shape index (κ3) is 1.79. The molecule has 2 fully saturated rings. The Bertz CT molecular complexity index is 361. The summed E-state index contributed by atoms with van der Waals surface area (Å²) in [6, 6.07) is 0.744. The van der Waals surface area contributed by atoms with Gasteiger partial charge in [-0.1, -0.05) is 24.2 Å². The van der Waals surface area contributed by atoms with E-state index in [4.69, 9.17) is 5.73 Å². The lowest BCUT2D eigenvalue weighted by molar-refractivity contribution is 0.243. The zero-order valence-electron chi connectivity index (χ0n) is 9.56. The zero-order valence-corrected chi connectivity index (χ0v) is 10.4. The first-order valence-electron chi connectivity index (χ1n) is 6.32. The molecule has 4 heteroatoms. The Morgan fingerprint density at radius 3 is 2.88 bits per heavy atom. The van der Waals surface area contributed by atoms with Gasteiger partial charge in [-0.3, -0.25) is 0 Å². The second-order valence-electron chi connectivity index (χ2n) is 4.99. The van der Waals surface area contributed by atoms with Gasteiger partial charge in [0.2, 0.25) is 0 Å². The number of thiazole rings is 1. The van der Waals surface area contributed by atoms with Crippen molar-refractivity contribution in [2.75, 3.05) is 17.2 Å². The summed E-state index contributed by atoms with van der Waals surface area (Å²) in [6.07, 6.45) is 10.1. The number of nitrogens with two attached hydrogens (primary N) is 1. The molecule has 1 saturated carbocycles. The molecule has 0 spiro atoms. The van der Waals surface area contributed by atoms with Crippen LogP contribution in [-0.4, -0.2) is 17.6 Å². The number of aromatic nitrogens is 1. The van der Waals surface area contributed by atoms with Crippen LogP contribution < -0.4 is 10.6 Å². The highest BCUT2D eigenvalue weighted by atomic mass is 32.1. The lowest BCUT2D eigenvalue weighted by Gasteiger charge is -2.44. The quantitative estimate of drug-likeness (QED) is 0.816. The van der Waals surface area contributed by atoms with Gasteiger partial charge in [0, 0.05) is 12.6 Å². The minimum atomic E-state index is 0.744. The van der Waals surface area contributed by atoms with Crippen LogP contribution in [0, 0.1) is 5.92 Å². The Labute approximate surface area is 101 Å². The van der Waals surface area contributed by atoms with E-state index in [-0.39, 0.29) is 0 Å². The van der Waals surface area contributed by atoms with E-state index in [9.17, 15) is 0 Å². The fraction of sp³-hybridized carbons (Fsp3) is 0.750. The Kier molecular flexibility index (Phi) is 2.75. The standard InChI is InChI=1S/C12H19N3S/c13-11-8-14-12(16-11)15-7-3-5-9-4-1-2-6-10(9)15/h8-10H,1-7,13H2/t9-,10-/m1/s1. The van der Waals surface area contributed by atoms with Gasteiger partial charge in [-0.05, 0) is 31.6 Å². The average molecular weight is 237 g/mol. The van der Waals surface area contributed by atoms with E-state index in [2.05, 4.69) is 9.88 Å². The van der Waals surface area contributed by atoms with Crippen LogP contribution in [-0.2, 0) is 0 Å². The van der Waals surface area contributed by atoms with Gasteiger partial charge in [-0.15, -0.1) is 0 Å². The highest BCUT2D eigenvalue weighted by Crippen LogP contribution is 2.39. The van der Waals surface area contributed by atoms with Gasteiger partial charge in [0.25, 0.3) is 0 Å². The summed E-state index contributed by atoms with van der Waals surface area (Å²) in [6.45, 7) is 1.17. The largest absolute Gasteiger partial charge is 0.389 e. The van der Waals surface area contributed by atoms with Crippen molar-refractivity contribution in [1.82, 2.24) is 4.98 Å². The van der Waals surface area contributed by atoms with Crippen molar-refractivity contribution in [3.05, 3.63) is 6.20 Å². The number of anilines is 2. The highest BCUT2D eigenvalue weighted by molar-refractivity contribution is 7.19. The van der Waals surface area contributed by atoms with E-state index in [0.29, 0.717) is 0 Å². The first kappa shape index (κ1) is 10.4. The van der Waals surface area contributed by atoms with Crippen molar-refractivity contribution < 1.29 is 0 Å². The zero-order chi connectivity index (χ0) is 11.0. The minimum Gasteiger partial charge on any atom is -0.389 e. The fourth-order valence-corrected chi connectivity index (χ4v) is 4.04. The molecule has 1 aromatic heterocycles. The molecule has 0 aromatic carbocycles. The number of hydrogen-bond acceptors (Lipinski definition) is 4. The second-order valence-corrected chi connectivity index (χ2v) is 6.03. The van der Waals surface area contributed by atoms with Crippen LogP contribution in [0.15, 0.2) is 6.20 Å². The Morgan fingerprint density at radius 2 is 2.06 bits per heavy atom. The maximum absolute atomic E-state index is 5.78. The van der Waals surface area contributed by atoms with Crippen LogP contribution in [0.1, 0.15) is 38.5 Å². The predicted octanol–water partition coefficient (Wildman–Crippen LogP) is 2.88. The molecule has 3 rings (SSSR count). The average Bonchev–Trinajstić information content (AvgIpc) is 2.75. The molecule has 3 nitrogen and oxygen atoms in total. The number of rotatable bonds is 1. The van der Waals surface area contributed by atoms with Crippen molar-refractivity contribution in [1.29, 1.82) is 0 Å². The third-order valence-electron chi connectivity index (χ3n) is 4.00. The van der Waals surface area contributed by atoms with Crippen molar-refractivity contribution in [3.8, 4) is 0 Å². The van der Waals surface area contributed by atoms with E-state index in [0.717, 1.165) is 22.1 Å². The van der Waals surface area contributed by atoms with Crippen molar-refractivity contribution in [3.63, 3.8) is 0 Å². The molecule has 2 aliphatic rings. The van der Waals surface area contributed by atoms with Gasteiger partial charge in [0.05, 0.1) is 6.20 Å². The molecule has 16 heavy (non-hydrogen) atoms. The molecule has 0 bridgehead atoms. The number of nitrogen functional groups attached to an aromatic ring is 1. The normalized spacial score (nSPS) is 30.1. The summed E-state index contributed by atoms with van der Waals surface area (Å²) < 4.78 is 0. The number of piperidine rings is 1. The highest BCUT2D eigenvalue weighted by Gasteiger charge is 2.34. The van der Waals surface area contributed by atoms with E-state index in [1.807, 2.05) is 0 Å². The minimum absolute atomic E-state index is 0.744. The van der Waals surface area contributed by atoms with Gasteiger partial charge in [-0.25, -0.2) is 4.98 Å². The summed E-state index contributed by atoms with van der Waals surface area (Å²) in [5.74, 6) is 0.910. The van der Waals surface area contributed by atoms with Crippen molar-refractivity contribution >= 4 is 21.5 Å². The smallest absolute Gasteiger partial charge is 0.187 e. The summed E-state index contributed by atoms with van der Waals surface area (Å²) in [5, 5.41) is 1.99. The molecule has 0 unspecified atom stereocenters. The third-order valence-corrected chi connectivity index (χ3v) is 4.86. The summed E-state index contributed by atoms with van der Waals surface area (Å²) in [4.78, 5) is 6.97. The molecule has 1 aliphatic heterocycles. The van der Waals surface area contributed by atoms with E-state index in [1.165, 1.54) is 45.1 Å². The monoisotopic (exact) mass is 237 g/mol. The summed E-state index contributed by atoms with van der Waals surface area (Å²) >= 11 is 1.64. The van der Waals surface area contributed by atoms with Gasteiger partial charge in [-0.2, -0.15) is 0 Å². The van der Waals surface area contributed by atoms with Crippen LogP contribution in [0.5, 0.6) is 0 Å². The molecular weight excluding hydrogens is 218 g/mol. The first-order chi connectivity index (χ1) is 7.84. The van der Waals surface area contributed by atoms with Crippen molar-refractivity contribution in [2.45, 2.75) is 44.6 Å². The van der Waals surface area contributed by atoms with Gasteiger partial charge in [0.15, 0.2) is 5.13 Å². The molecule has 0 amide bonds. The van der Waals surface area contributed by atoms with Crippen LogP contribution in [0.25, 0.3) is 0 Å². The van der Waals surface area contributed by atoms with Crippen LogP contribution in [0.4, 0.5) is 10.1 Å². The molecule has 2 atom stereocenters. The van der Waals surface area contributed by atoms with Gasteiger partial charge < -0.3 is 10.6 Å². The maximum Gasteiger partial charge on any atom is 0.187 e. The predicted molar refractivity (Wildman–Crippen MR) is 68.9 cm³/mol. The molecule has 1 saturated heterocycles. The number of fused-ring (bicyclic) bond motifs is 1. The lowest BCUT2D eigenvalue weighted by Crippen LogP contribution is -2.46. The van der Waals surface area contributed by atoms with E-state index < -0.39 is 0 Å². The maximum atomic E-state index is 5.78. The second kappa shape index (κ2) is 4.24. The van der Waals surface area contributed by atoms with Crippen LogP contribution in [0.3, 0.4) is 0 Å². The molecule has 2 heterocycles. The topological polar surface area (TPSA) is 42.1 Å². The van der Waals surface area contributed by atoms with Gasteiger partial charge >= 0.3 is 0 Å². The number of hydrogen-bond donors (Lipinski definition) is 1. The molecule has 2 N–H and O–H groups in total. The Hall–Kier alpha value is -0.770. The number of nitrogens with zero attached hydrogens (tertiary/aromatic N) is 2. The SMILES string of the molecule is Nc1cnc(N2CCC[C@H]3CCCC[C@H]32)s1. The Morgan fingerprint density at radius 1 is 1.25 bits per heavy atom. The van der Waals surface area contributed by atoms with Crippen molar-refractivity contribution in [2.24, 2.45) is 5.92 Å². The fourth-order valence-electron chi connectivity index (χ4n) is 3.27. The summed E-state index contributed by atoms with van der Waals surface area (Å²) in [5.41, 5.74) is 5.78. The molecule has 88 valence electrons. The Balaban J connectivity index is 1.82. The lowest BCUT2D eigenvalue weighted by atomic mass is 9.78. The first-order valence-corrected chi connectivity index (χ1v) is 7.14. The van der Waals surface area contributed by atoms with Gasteiger partial charge in [0.1, 0.15) is 5.00 Å². The molecule has 1 aromatic rings. The van der Waals surface area contributed by atoms with E-state index >= 15 is 0 Å². The van der Waals surface area contributed by atoms with Crippen LogP contribution in [0.2, 0.25) is 0 Å². The van der Waals surface area contributed by atoms with E-state index in [1.54, 1.807) is 17.5 Å².